The Kier molecular flexibility index (Phi) is 4.42. The number of amides is 1. The van der Waals surface area contributed by atoms with Crippen LogP contribution in [0.4, 0.5) is 0 Å². The smallest absolute Gasteiger partial charge is 0.343 e. The van der Waals surface area contributed by atoms with Crippen molar-refractivity contribution in [3.8, 4) is 0 Å². The van der Waals surface area contributed by atoms with E-state index in [0.717, 1.165) is 23.3 Å². The lowest BCUT2D eigenvalue weighted by molar-refractivity contribution is -0.137. The van der Waals surface area contributed by atoms with Gasteiger partial charge >= 0.3 is 5.91 Å². The van der Waals surface area contributed by atoms with Crippen molar-refractivity contribution in [3.05, 3.63) is 0 Å². The minimum absolute atomic E-state index is 0.394. The Morgan fingerprint density at radius 1 is 1.12 bits per heavy atom. The van der Waals surface area contributed by atoms with Crippen molar-refractivity contribution in [1.82, 2.24) is 8.61 Å². The highest BCUT2D eigenvalue weighted by Crippen LogP contribution is 2.21. The van der Waals surface area contributed by atoms with Gasteiger partial charge in [-0.15, -0.1) is 8.61 Å². The van der Waals surface area contributed by atoms with E-state index in [1.54, 1.807) is 4.31 Å². The highest BCUT2D eigenvalue weighted by atomic mass is 32.2. The summed E-state index contributed by atoms with van der Waals surface area (Å²) >= 11 is 1.35. The molecule has 0 N–H and O–H groups in total. The molecular formula is C8H12N2O3S3. The average molecular weight is 280 g/mol. The molecule has 2 saturated heterocycles. The van der Waals surface area contributed by atoms with E-state index < -0.39 is 22.6 Å². The SMILES string of the molecule is O=C1SCCN([S+]([O-])N2CCSCC2)C1=O. The molecule has 2 heterocycles. The van der Waals surface area contributed by atoms with E-state index in [-0.39, 0.29) is 0 Å². The molecule has 1 amide bonds. The first-order valence-electron chi connectivity index (χ1n) is 4.93. The molecule has 1 unspecified atom stereocenters. The van der Waals surface area contributed by atoms with Crippen molar-refractivity contribution < 1.29 is 14.1 Å². The topological polar surface area (TPSA) is 63.7 Å². The van der Waals surface area contributed by atoms with Crippen molar-refractivity contribution in [2.24, 2.45) is 0 Å². The maximum absolute atomic E-state index is 12.1. The molecule has 0 aromatic heterocycles. The van der Waals surface area contributed by atoms with Crippen molar-refractivity contribution in [3.63, 3.8) is 0 Å². The third kappa shape index (κ3) is 2.67. The lowest BCUT2D eigenvalue weighted by Gasteiger charge is -2.33. The summed E-state index contributed by atoms with van der Waals surface area (Å²) in [5.41, 5.74) is 0. The molecular weight excluding hydrogens is 268 g/mol. The lowest BCUT2D eigenvalue weighted by Crippen LogP contribution is -2.53. The molecule has 2 fully saturated rings. The molecule has 0 aromatic rings. The largest absolute Gasteiger partial charge is 0.573 e. The van der Waals surface area contributed by atoms with Crippen LogP contribution in [0.5, 0.6) is 0 Å². The molecule has 1 atom stereocenters. The normalized spacial score (nSPS) is 25.9. The van der Waals surface area contributed by atoms with Crippen LogP contribution in [-0.2, 0) is 21.1 Å². The fourth-order valence-electron chi connectivity index (χ4n) is 1.48. The van der Waals surface area contributed by atoms with Crippen LogP contribution < -0.4 is 0 Å². The molecule has 5 nitrogen and oxygen atoms in total. The summed E-state index contributed by atoms with van der Waals surface area (Å²) in [6, 6.07) is 0. The van der Waals surface area contributed by atoms with Gasteiger partial charge in [-0.1, -0.05) is 11.8 Å². The van der Waals surface area contributed by atoms with Crippen LogP contribution in [-0.4, -0.2) is 61.1 Å². The molecule has 2 aliphatic rings. The highest BCUT2D eigenvalue weighted by Gasteiger charge is 2.39. The van der Waals surface area contributed by atoms with Crippen LogP contribution in [0.2, 0.25) is 0 Å². The first-order valence-corrected chi connectivity index (χ1v) is 8.14. The molecule has 2 rings (SSSR count). The van der Waals surface area contributed by atoms with Gasteiger partial charge in [-0.25, -0.2) is 0 Å². The van der Waals surface area contributed by atoms with Crippen LogP contribution >= 0.6 is 23.5 Å². The number of nitrogens with zero attached hydrogens (tertiary/aromatic N) is 2. The first kappa shape index (κ1) is 12.6. The van der Waals surface area contributed by atoms with Crippen LogP contribution in [0.1, 0.15) is 0 Å². The summed E-state index contributed by atoms with van der Waals surface area (Å²) in [6.45, 7) is 1.82. The van der Waals surface area contributed by atoms with Gasteiger partial charge in [-0.2, -0.15) is 11.8 Å². The Morgan fingerprint density at radius 3 is 2.50 bits per heavy atom. The molecule has 0 bridgehead atoms. The zero-order valence-corrected chi connectivity index (χ0v) is 11.0. The van der Waals surface area contributed by atoms with Crippen LogP contribution in [0, 0.1) is 0 Å². The predicted molar refractivity (Wildman–Crippen MR) is 66.2 cm³/mol. The van der Waals surface area contributed by atoms with E-state index in [1.807, 2.05) is 11.8 Å². The van der Waals surface area contributed by atoms with Gasteiger partial charge < -0.3 is 4.55 Å². The van der Waals surface area contributed by atoms with Gasteiger partial charge in [0, 0.05) is 17.3 Å². The molecule has 16 heavy (non-hydrogen) atoms. The molecule has 0 radical (unpaired) electrons. The van der Waals surface area contributed by atoms with E-state index in [9.17, 15) is 14.1 Å². The standard InChI is InChI=1S/C8H12N2O3S3/c11-7-8(12)15-6-3-10(7)16(13)9-1-4-14-5-2-9/h1-6H2. The molecule has 2 aliphatic heterocycles. The zero-order chi connectivity index (χ0) is 11.5. The van der Waals surface area contributed by atoms with E-state index in [4.69, 9.17) is 0 Å². The maximum atomic E-state index is 12.1. The number of carbonyl (C=O) groups is 2. The highest BCUT2D eigenvalue weighted by molar-refractivity contribution is 8.15. The summed E-state index contributed by atoms with van der Waals surface area (Å²) in [7, 11) is 0. The minimum atomic E-state index is -1.47. The third-order valence-electron chi connectivity index (χ3n) is 2.31. The van der Waals surface area contributed by atoms with E-state index in [1.165, 1.54) is 4.31 Å². The maximum Gasteiger partial charge on any atom is 0.343 e. The summed E-state index contributed by atoms with van der Waals surface area (Å²) < 4.78 is 15.0. The quantitative estimate of drug-likeness (QED) is 0.512. The van der Waals surface area contributed by atoms with Crippen LogP contribution in [0.15, 0.2) is 0 Å². The second-order valence-corrected chi connectivity index (χ2v) is 7.03. The number of hydrogen-bond donors (Lipinski definition) is 0. The van der Waals surface area contributed by atoms with Gasteiger partial charge in [-0.05, 0) is 0 Å². The second kappa shape index (κ2) is 5.63. The Labute approximate surface area is 106 Å². The molecule has 0 spiro atoms. The fourth-order valence-corrected chi connectivity index (χ4v) is 4.72. The van der Waals surface area contributed by atoms with E-state index in [2.05, 4.69) is 0 Å². The number of carbonyl (C=O) groups excluding carboxylic acids is 2. The van der Waals surface area contributed by atoms with Gasteiger partial charge in [0.05, 0.1) is 19.6 Å². The zero-order valence-electron chi connectivity index (χ0n) is 8.59. The van der Waals surface area contributed by atoms with Gasteiger partial charge in [-0.3, -0.25) is 9.59 Å². The van der Waals surface area contributed by atoms with Gasteiger partial charge in [0.1, 0.15) is 0 Å². The summed E-state index contributed by atoms with van der Waals surface area (Å²) in [5.74, 6) is 1.78. The van der Waals surface area contributed by atoms with Crippen molar-refractivity contribution in [2.45, 2.75) is 0 Å². The fraction of sp³-hybridized carbons (Fsp3) is 0.750. The summed E-state index contributed by atoms with van der Waals surface area (Å²) in [4.78, 5) is 22.7. The monoisotopic (exact) mass is 280 g/mol. The molecule has 8 heteroatoms. The Bertz CT molecular complexity index is 296. The average Bonchev–Trinajstić information content (AvgIpc) is 2.33. The van der Waals surface area contributed by atoms with Crippen LogP contribution in [0.3, 0.4) is 0 Å². The molecule has 0 aromatic carbocycles. The molecule has 90 valence electrons. The predicted octanol–water partition coefficient (Wildman–Crippen LogP) is -0.284. The van der Waals surface area contributed by atoms with Gasteiger partial charge in [0.25, 0.3) is 5.12 Å². The van der Waals surface area contributed by atoms with E-state index in [0.29, 0.717) is 25.4 Å². The third-order valence-corrected chi connectivity index (χ3v) is 5.61. The van der Waals surface area contributed by atoms with E-state index >= 15 is 0 Å². The molecule has 0 saturated carbocycles. The Hall–Kier alpha value is 0.110. The van der Waals surface area contributed by atoms with Crippen molar-refractivity contribution >= 4 is 46.1 Å². The number of thioether (sulfide) groups is 2. The number of hydrogen-bond acceptors (Lipinski definition) is 6. The van der Waals surface area contributed by atoms with Crippen molar-refractivity contribution in [2.75, 3.05) is 36.9 Å². The van der Waals surface area contributed by atoms with Crippen molar-refractivity contribution in [1.29, 1.82) is 0 Å². The van der Waals surface area contributed by atoms with Crippen LogP contribution in [0.25, 0.3) is 0 Å². The Balaban J connectivity index is 1.99. The summed E-state index contributed by atoms with van der Waals surface area (Å²) in [5, 5.41) is -0.494. The summed E-state index contributed by atoms with van der Waals surface area (Å²) in [6.07, 6.45) is 0. The second-order valence-electron chi connectivity index (χ2n) is 3.32. The minimum Gasteiger partial charge on any atom is -0.573 e. The molecule has 0 aliphatic carbocycles. The first-order chi connectivity index (χ1) is 7.70. The van der Waals surface area contributed by atoms with Gasteiger partial charge in [0.15, 0.2) is 11.5 Å². The Morgan fingerprint density at radius 2 is 1.81 bits per heavy atom. The number of rotatable bonds is 2. The lowest BCUT2D eigenvalue weighted by atomic mass is 10.6. The van der Waals surface area contributed by atoms with Gasteiger partial charge in [0.2, 0.25) is 0 Å².